The Hall–Kier alpha value is -3.02. The Morgan fingerprint density at radius 2 is 1.91 bits per heavy atom. The largest absolute Gasteiger partial charge is 0.347 e. The quantitative estimate of drug-likeness (QED) is 0.553. The van der Waals surface area contributed by atoms with Crippen molar-refractivity contribution in [3.8, 4) is 0 Å². The van der Waals surface area contributed by atoms with Crippen LogP contribution in [0.5, 0.6) is 0 Å². The maximum absolute atomic E-state index is 12.1. The first kappa shape index (κ1) is 13.9. The molecule has 0 spiro atoms. The maximum atomic E-state index is 12.1. The van der Waals surface area contributed by atoms with E-state index < -0.39 is 11.6 Å². The molecule has 0 saturated carbocycles. The lowest BCUT2D eigenvalue weighted by Crippen LogP contribution is -2.20. The fourth-order valence-electron chi connectivity index (χ4n) is 2.24. The lowest BCUT2D eigenvalue weighted by molar-refractivity contribution is -0.114. The predicted octanol–water partition coefficient (Wildman–Crippen LogP) is 1.65. The highest BCUT2D eigenvalue weighted by molar-refractivity contribution is 6.43. The van der Waals surface area contributed by atoms with Crippen LogP contribution in [0, 0.1) is 0 Å². The average molecular weight is 294 g/mol. The zero-order valence-corrected chi connectivity index (χ0v) is 11.8. The van der Waals surface area contributed by atoms with Crippen LogP contribution in [0.4, 0.5) is 0 Å². The van der Waals surface area contributed by atoms with Gasteiger partial charge in [0.2, 0.25) is 5.78 Å². The van der Waals surface area contributed by atoms with Gasteiger partial charge in [-0.15, -0.1) is 0 Å². The number of aromatic amines is 1. The lowest BCUT2D eigenvalue weighted by atomic mass is 10.1. The van der Waals surface area contributed by atoms with Crippen molar-refractivity contribution >= 4 is 11.6 Å². The van der Waals surface area contributed by atoms with Crippen LogP contribution in [0.3, 0.4) is 0 Å². The van der Waals surface area contributed by atoms with Crippen molar-refractivity contribution in [1.82, 2.24) is 19.7 Å². The van der Waals surface area contributed by atoms with Gasteiger partial charge in [0.15, 0.2) is 5.82 Å². The summed E-state index contributed by atoms with van der Waals surface area (Å²) in [5.74, 6) is -1.18. The molecule has 0 atom stereocenters. The van der Waals surface area contributed by atoms with Crippen LogP contribution in [-0.2, 0) is 17.8 Å². The number of carbonyl (C=O) groups excluding carboxylic acids is 2. The van der Waals surface area contributed by atoms with Gasteiger partial charge in [0.1, 0.15) is 6.33 Å². The Kier molecular flexibility index (Phi) is 3.91. The third-order valence-electron chi connectivity index (χ3n) is 3.34. The first-order valence-corrected chi connectivity index (χ1v) is 6.85. The summed E-state index contributed by atoms with van der Waals surface area (Å²) in [6.07, 6.45) is 3.15. The van der Waals surface area contributed by atoms with Crippen LogP contribution in [0.2, 0.25) is 0 Å². The Balaban J connectivity index is 1.72. The Labute approximate surface area is 126 Å². The van der Waals surface area contributed by atoms with Crippen molar-refractivity contribution in [2.24, 2.45) is 0 Å². The van der Waals surface area contributed by atoms with E-state index >= 15 is 0 Å². The minimum absolute atomic E-state index is 0.0221. The highest BCUT2D eigenvalue weighted by atomic mass is 16.2. The molecular weight excluding hydrogens is 280 g/mol. The summed E-state index contributed by atoms with van der Waals surface area (Å²) in [5.41, 5.74) is 1.93. The van der Waals surface area contributed by atoms with E-state index in [1.165, 1.54) is 6.33 Å². The molecule has 0 bridgehead atoms. The first-order valence-electron chi connectivity index (χ1n) is 6.85. The molecule has 22 heavy (non-hydrogen) atoms. The van der Waals surface area contributed by atoms with Crippen LogP contribution < -0.4 is 0 Å². The molecular formula is C16H14N4O2. The van der Waals surface area contributed by atoms with Gasteiger partial charge < -0.3 is 4.57 Å². The molecule has 3 aromatic rings. The van der Waals surface area contributed by atoms with Gasteiger partial charge in [-0.1, -0.05) is 30.3 Å². The van der Waals surface area contributed by atoms with Gasteiger partial charge in [0.25, 0.3) is 5.78 Å². The Morgan fingerprint density at radius 1 is 1.09 bits per heavy atom. The molecule has 110 valence electrons. The number of nitrogens with one attached hydrogen (secondary N) is 1. The fraction of sp³-hybridized carbons (Fsp3) is 0.125. The second-order valence-corrected chi connectivity index (χ2v) is 4.88. The molecule has 1 aromatic carbocycles. The van der Waals surface area contributed by atoms with Gasteiger partial charge >= 0.3 is 0 Å². The molecule has 0 aliphatic rings. The van der Waals surface area contributed by atoms with E-state index in [1.807, 2.05) is 53.2 Å². The van der Waals surface area contributed by atoms with Gasteiger partial charge in [-0.2, -0.15) is 5.10 Å². The number of benzene rings is 1. The van der Waals surface area contributed by atoms with Crippen molar-refractivity contribution < 1.29 is 9.59 Å². The number of nitrogens with zero attached hydrogens (tertiary/aromatic N) is 3. The smallest absolute Gasteiger partial charge is 0.265 e. The number of carbonyl (C=O) groups is 2. The molecule has 0 aliphatic heterocycles. The SMILES string of the molecule is O=C(Cc1cccn1Cc1ccccc1)C(=O)c1ncn[nH]1. The predicted molar refractivity (Wildman–Crippen MR) is 79.4 cm³/mol. The van der Waals surface area contributed by atoms with Gasteiger partial charge in [-0.05, 0) is 17.7 Å². The molecule has 0 aliphatic carbocycles. The van der Waals surface area contributed by atoms with E-state index in [9.17, 15) is 9.59 Å². The fourth-order valence-corrected chi connectivity index (χ4v) is 2.24. The number of rotatable bonds is 6. The Bertz CT molecular complexity index is 776. The van der Waals surface area contributed by atoms with Crippen LogP contribution in [0.25, 0.3) is 0 Å². The van der Waals surface area contributed by atoms with Gasteiger partial charge in [0.05, 0.1) is 6.42 Å². The third-order valence-corrected chi connectivity index (χ3v) is 3.34. The van der Waals surface area contributed by atoms with E-state index in [4.69, 9.17) is 0 Å². The van der Waals surface area contributed by atoms with Crippen LogP contribution in [0.1, 0.15) is 21.9 Å². The van der Waals surface area contributed by atoms with E-state index in [-0.39, 0.29) is 12.2 Å². The van der Waals surface area contributed by atoms with Crippen molar-refractivity contribution in [3.05, 3.63) is 72.1 Å². The summed E-state index contributed by atoms with van der Waals surface area (Å²) in [7, 11) is 0. The summed E-state index contributed by atoms with van der Waals surface area (Å²) in [6.45, 7) is 0.660. The van der Waals surface area contributed by atoms with Crippen molar-refractivity contribution in [1.29, 1.82) is 0 Å². The monoisotopic (exact) mass is 294 g/mol. The minimum Gasteiger partial charge on any atom is -0.347 e. The molecule has 6 heteroatoms. The van der Waals surface area contributed by atoms with E-state index in [0.29, 0.717) is 6.54 Å². The minimum atomic E-state index is -0.648. The van der Waals surface area contributed by atoms with E-state index in [0.717, 1.165) is 11.3 Å². The van der Waals surface area contributed by atoms with Crippen molar-refractivity contribution in [2.45, 2.75) is 13.0 Å². The molecule has 0 amide bonds. The van der Waals surface area contributed by atoms with E-state index in [1.54, 1.807) is 0 Å². The maximum Gasteiger partial charge on any atom is 0.265 e. The molecule has 6 nitrogen and oxygen atoms in total. The molecule has 0 saturated heterocycles. The molecule has 2 aromatic heterocycles. The van der Waals surface area contributed by atoms with Crippen molar-refractivity contribution in [3.63, 3.8) is 0 Å². The third kappa shape index (κ3) is 3.01. The summed E-state index contributed by atoms with van der Waals surface area (Å²) < 4.78 is 1.96. The molecule has 2 heterocycles. The second kappa shape index (κ2) is 6.17. The molecule has 0 unspecified atom stereocenters. The summed E-state index contributed by atoms with van der Waals surface area (Å²) in [6, 6.07) is 13.6. The van der Waals surface area contributed by atoms with Crippen LogP contribution >= 0.6 is 0 Å². The number of Topliss-reactive ketones (excluding diaryl/α,β-unsaturated/α-hetero) is 2. The normalized spacial score (nSPS) is 10.5. The highest BCUT2D eigenvalue weighted by Gasteiger charge is 2.20. The average Bonchev–Trinajstić information content (AvgIpc) is 3.20. The molecule has 0 fully saturated rings. The number of H-pyrrole nitrogens is 1. The second-order valence-electron chi connectivity index (χ2n) is 4.88. The number of ketones is 2. The summed E-state index contributed by atoms with van der Waals surface area (Å²) >= 11 is 0. The Morgan fingerprint density at radius 3 is 2.64 bits per heavy atom. The lowest BCUT2D eigenvalue weighted by Gasteiger charge is -2.08. The van der Waals surface area contributed by atoms with Crippen molar-refractivity contribution in [2.75, 3.05) is 0 Å². The standard InChI is InChI=1S/C16H14N4O2/c21-14(15(22)16-17-11-18-19-16)9-13-7-4-8-20(13)10-12-5-2-1-3-6-12/h1-8,11H,9-10H2,(H,17,18,19). The molecule has 3 rings (SSSR count). The summed E-state index contributed by atoms with van der Waals surface area (Å²) in [5, 5.41) is 6.00. The molecule has 0 radical (unpaired) electrons. The highest BCUT2D eigenvalue weighted by Crippen LogP contribution is 2.09. The van der Waals surface area contributed by atoms with Gasteiger partial charge in [-0.25, -0.2) is 4.98 Å². The first-order chi connectivity index (χ1) is 10.7. The van der Waals surface area contributed by atoms with Gasteiger partial charge in [-0.3, -0.25) is 14.7 Å². The summed E-state index contributed by atoms with van der Waals surface area (Å²) in [4.78, 5) is 27.7. The van der Waals surface area contributed by atoms with Crippen LogP contribution in [0.15, 0.2) is 55.0 Å². The van der Waals surface area contributed by atoms with Gasteiger partial charge in [0, 0.05) is 18.4 Å². The van der Waals surface area contributed by atoms with E-state index in [2.05, 4.69) is 15.2 Å². The molecule has 1 N–H and O–H groups in total. The zero-order valence-electron chi connectivity index (χ0n) is 11.8. The number of hydrogen-bond acceptors (Lipinski definition) is 4. The topological polar surface area (TPSA) is 80.6 Å². The number of aromatic nitrogens is 4. The van der Waals surface area contributed by atoms with Crippen LogP contribution in [-0.4, -0.2) is 31.3 Å². The number of hydrogen-bond donors (Lipinski definition) is 1. The zero-order chi connectivity index (χ0) is 15.4.